The molecule has 134 valence electrons. The van der Waals surface area contributed by atoms with Gasteiger partial charge in [0.2, 0.25) is 0 Å². The minimum Gasteiger partial charge on any atom is -0.258 e. The minimum absolute atomic E-state index is 0.0426. The first-order valence-electron chi connectivity index (χ1n) is 7.78. The Kier molecular flexibility index (Phi) is 5.26. The van der Waals surface area contributed by atoms with Crippen LogP contribution in [0, 0.1) is 28.4 Å². The molecule has 3 rings (SSSR count). The minimum atomic E-state index is -0.490. The SMILES string of the molecule is Cc1nn(-c2cccc(Cl)c2)c(Cl)c1C=C(C#N)c1ccc([N+](=O)[O-])cc1. The highest BCUT2D eigenvalue weighted by Gasteiger charge is 2.15. The van der Waals surface area contributed by atoms with Gasteiger partial charge in [-0.3, -0.25) is 10.1 Å². The summed E-state index contributed by atoms with van der Waals surface area (Å²) in [7, 11) is 0. The number of rotatable bonds is 4. The van der Waals surface area contributed by atoms with Gasteiger partial charge in [-0.05, 0) is 48.9 Å². The van der Waals surface area contributed by atoms with Crippen molar-refractivity contribution in [1.82, 2.24) is 9.78 Å². The fourth-order valence-corrected chi connectivity index (χ4v) is 3.05. The zero-order chi connectivity index (χ0) is 19.6. The Hall–Kier alpha value is -3.14. The average Bonchev–Trinajstić information content (AvgIpc) is 2.94. The largest absolute Gasteiger partial charge is 0.269 e. The molecule has 1 aromatic heterocycles. The van der Waals surface area contributed by atoms with E-state index in [4.69, 9.17) is 23.2 Å². The van der Waals surface area contributed by atoms with Crippen LogP contribution in [-0.4, -0.2) is 14.7 Å². The van der Waals surface area contributed by atoms with E-state index in [1.807, 2.05) is 6.07 Å². The lowest BCUT2D eigenvalue weighted by atomic mass is 10.0. The van der Waals surface area contributed by atoms with Gasteiger partial charge in [0.05, 0.1) is 27.9 Å². The number of hydrogen-bond donors (Lipinski definition) is 0. The lowest BCUT2D eigenvalue weighted by molar-refractivity contribution is -0.384. The molecule has 6 nitrogen and oxygen atoms in total. The Labute approximate surface area is 165 Å². The van der Waals surface area contributed by atoms with Crippen LogP contribution in [0.3, 0.4) is 0 Å². The van der Waals surface area contributed by atoms with Crippen molar-refractivity contribution in [3.05, 3.63) is 85.6 Å². The fourth-order valence-electron chi connectivity index (χ4n) is 2.54. The Morgan fingerprint density at radius 1 is 1.26 bits per heavy atom. The van der Waals surface area contributed by atoms with Gasteiger partial charge in [0.15, 0.2) is 0 Å². The second kappa shape index (κ2) is 7.62. The number of benzene rings is 2. The van der Waals surface area contributed by atoms with E-state index in [0.29, 0.717) is 38.3 Å². The number of aromatic nitrogens is 2. The zero-order valence-electron chi connectivity index (χ0n) is 14.1. The maximum Gasteiger partial charge on any atom is 0.269 e. The maximum absolute atomic E-state index is 10.8. The van der Waals surface area contributed by atoms with Gasteiger partial charge in [-0.2, -0.15) is 10.4 Å². The number of halogens is 2. The lowest BCUT2D eigenvalue weighted by Gasteiger charge is -2.03. The van der Waals surface area contributed by atoms with Gasteiger partial charge in [0.25, 0.3) is 5.69 Å². The molecule has 0 saturated carbocycles. The van der Waals surface area contributed by atoms with E-state index in [9.17, 15) is 15.4 Å². The van der Waals surface area contributed by atoms with Crippen LogP contribution < -0.4 is 0 Å². The van der Waals surface area contributed by atoms with Crippen LogP contribution >= 0.6 is 23.2 Å². The number of non-ortho nitro benzene ring substituents is 1. The molecule has 0 aliphatic heterocycles. The van der Waals surface area contributed by atoms with E-state index < -0.39 is 4.92 Å². The van der Waals surface area contributed by atoms with Crippen molar-refractivity contribution in [2.45, 2.75) is 6.92 Å². The van der Waals surface area contributed by atoms with Gasteiger partial charge < -0.3 is 0 Å². The summed E-state index contributed by atoms with van der Waals surface area (Å²) in [6, 6.07) is 14.9. The molecule has 0 atom stereocenters. The third kappa shape index (κ3) is 3.85. The monoisotopic (exact) mass is 398 g/mol. The van der Waals surface area contributed by atoms with E-state index in [1.165, 1.54) is 24.3 Å². The highest BCUT2D eigenvalue weighted by Crippen LogP contribution is 2.29. The molecule has 0 fully saturated rings. The summed E-state index contributed by atoms with van der Waals surface area (Å²) < 4.78 is 1.54. The molecule has 0 saturated heterocycles. The van der Waals surface area contributed by atoms with Crippen LogP contribution in [0.2, 0.25) is 10.2 Å². The number of nitro groups is 1. The van der Waals surface area contributed by atoms with Crippen molar-refractivity contribution in [3.8, 4) is 11.8 Å². The van der Waals surface area contributed by atoms with Crippen LogP contribution in [0.15, 0.2) is 48.5 Å². The Bertz CT molecular complexity index is 1100. The van der Waals surface area contributed by atoms with Gasteiger partial charge >= 0.3 is 0 Å². The predicted molar refractivity (Wildman–Crippen MR) is 105 cm³/mol. The summed E-state index contributed by atoms with van der Waals surface area (Å²) in [5, 5.41) is 25.6. The van der Waals surface area contributed by atoms with Crippen molar-refractivity contribution in [2.75, 3.05) is 0 Å². The van der Waals surface area contributed by atoms with Gasteiger partial charge in [0.1, 0.15) is 5.15 Å². The first-order valence-corrected chi connectivity index (χ1v) is 8.54. The number of nitro benzene ring substituents is 1. The molecule has 0 aliphatic rings. The van der Waals surface area contributed by atoms with E-state index in [1.54, 1.807) is 35.9 Å². The van der Waals surface area contributed by atoms with Crippen molar-refractivity contribution >= 4 is 40.5 Å². The van der Waals surface area contributed by atoms with Crippen LogP contribution in [0.1, 0.15) is 16.8 Å². The molecule has 0 unspecified atom stereocenters. The normalized spacial score (nSPS) is 11.3. The molecule has 0 aliphatic carbocycles. The van der Waals surface area contributed by atoms with Crippen LogP contribution in [-0.2, 0) is 0 Å². The topological polar surface area (TPSA) is 84.8 Å². The molecule has 0 amide bonds. The number of hydrogen-bond acceptors (Lipinski definition) is 4. The summed E-state index contributed by atoms with van der Waals surface area (Å²) in [6.45, 7) is 1.78. The number of nitriles is 1. The maximum atomic E-state index is 10.8. The summed E-state index contributed by atoms with van der Waals surface area (Å²) >= 11 is 12.5. The number of aryl methyl sites for hydroxylation is 1. The van der Waals surface area contributed by atoms with Crippen LogP contribution in [0.5, 0.6) is 0 Å². The Morgan fingerprint density at radius 2 is 1.96 bits per heavy atom. The molecule has 1 heterocycles. The second-order valence-corrected chi connectivity index (χ2v) is 6.45. The summed E-state index contributed by atoms with van der Waals surface area (Å²) in [4.78, 5) is 10.3. The first kappa shape index (κ1) is 18.6. The van der Waals surface area contributed by atoms with E-state index in [-0.39, 0.29) is 5.69 Å². The van der Waals surface area contributed by atoms with Gasteiger partial charge in [-0.1, -0.05) is 29.3 Å². The Morgan fingerprint density at radius 3 is 2.56 bits per heavy atom. The molecule has 3 aromatic rings. The van der Waals surface area contributed by atoms with Crippen LogP contribution in [0.25, 0.3) is 17.3 Å². The van der Waals surface area contributed by atoms with Gasteiger partial charge in [-0.25, -0.2) is 4.68 Å². The lowest BCUT2D eigenvalue weighted by Crippen LogP contribution is -1.96. The Balaban J connectivity index is 2.05. The molecule has 0 radical (unpaired) electrons. The molecule has 27 heavy (non-hydrogen) atoms. The second-order valence-electron chi connectivity index (χ2n) is 5.66. The molecular weight excluding hydrogens is 387 g/mol. The van der Waals surface area contributed by atoms with Crippen molar-refractivity contribution in [1.29, 1.82) is 5.26 Å². The average molecular weight is 399 g/mol. The van der Waals surface area contributed by atoms with Crippen molar-refractivity contribution < 1.29 is 4.92 Å². The quantitative estimate of drug-likeness (QED) is 0.331. The molecule has 0 N–H and O–H groups in total. The number of nitrogens with zero attached hydrogens (tertiary/aromatic N) is 4. The van der Waals surface area contributed by atoms with Crippen molar-refractivity contribution in [3.63, 3.8) is 0 Å². The van der Waals surface area contributed by atoms with Gasteiger partial charge in [-0.15, -0.1) is 0 Å². The first-order chi connectivity index (χ1) is 12.9. The molecule has 8 heteroatoms. The molecule has 2 aromatic carbocycles. The summed E-state index contributed by atoms with van der Waals surface area (Å²) in [5.74, 6) is 0. The standard InChI is InChI=1S/C19H12Cl2N4O2/c1-12-18(19(21)24(23-12)17-4-2-3-15(20)10-17)9-14(11-22)13-5-7-16(8-6-13)25(26)27/h2-10H,1H3. The summed E-state index contributed by atoms with van der Waals surface area (Å²) in [5.41, 5.74) is 2.75. The third-order valence-corrected chi connectivity index (χ3v) is 4.50. The van der Waals surface area contributed by atoms with Gasteiger partial charge in [0, 0.05) is 22.7 Å². The molecule has 0 spiro atoms. The highest BCUT2D eigenvalue weighted by atomic mass is 35.5. The number of allylic oxidation sites excluding steroid dienone is 1. The van der Waals surface area contributed by atoms with Crippen molar-refractivity contribution in [2.24, 2.45) is 0 Å². The fraction of sp³-hybridized carbons (Fsp3) is 0.0526. The molecular formula is C19H12Cl2N4O2. The smallest absolute Gasteiger partial charge is 0.258 e. The highest BCUT2D eigenvalue weighted by molar-refractivity contribution is 6.32. The van der Waals surface area contributed by atoms with E-state index >= 15 is 0 Å². The predicted octanol–water partition coefficient (Wildman–Crippen LogP) is 5.46. The van der Waals surface area contributed by atoms with E-state index in [0.717, 1.165) is 0 Å². The molecule has 0 bridgehead atoms. The van der Waals surface area contributed by atoms with Crippen LogP contribution in [0.4, 0.5) is 5.69 Å². The summed E-state index contributed by atoms with van der Waals surface area (Å²) in [6.07, 6.45) is 1.62. The van der Waals surface area contributed by atoms with E-state index in [2.05, 4.69) is 11.2 Å². The zero-order valence-corrected chi connectivity index (χ0v) is 15.6. The third-order valence-electron chi connectivity index (χ3n) is 3.90.